The molecule has 3 N–H and O–H groups in total. The number of aromatic amines is 1. The molecule has 0 saturated heterocycles. The number of unbranched alkanes of at least 4 members (excludes halogenated alkanes) is 3. The largest absolute Gasteiger partial charge is 0.327 e. The third-order valence-corrected chi connectivity index (χ3v) is 3.78. The van der Waals surface area contributed by atoms with Crippen molar-refractivity contribution < 1.29 is 4.57 Å². The van der Waals surface area contributed by atoms with Crippen molar-refractivity contribution in [2.24, 2.45) is 5.73 Å². The number of imidazole rings is 1. The maximum absolute atomic E-state index is 5.75. The second-order valence-corrected chi connectivity index (χ2v) is 5.32. The van der Waals surface area contributed by atoms with Gasteiger partial charge in [0.2, 0.25) is 0 Å². The monoisotopic (exact) mass is 242 g/mol. The van der Waals surface area contributed by atoms with Gasteiger partial charge in [-0.15, -0.1) is 0 Å². The van der Waals surface area contributed by atoms with Crippen LogP contribution in [0.1, 0.15) is 39.5 Å². The van der Waals surface area contributed by atoms with Crippen molar-refractivity contribution in [2.75, 3.05) is 5.75 Å². The molecular weight excluding hydrogens is 218 g/mol. The molecule has 0 amide bonds. The maximum atomic E-state index is 5.75. The van der Waals surface area contributed by atoms with Gasteiger partial charge in [-0.2, -0.15) is 0 Å². The highest BCUT2D eigenvalue weighted by atomic mass is 32.2. The molecule has 0 aromatic carbocycles. The first-order chi connectivity index (χ1) is 7.74. The molecule has 0 aliphatic carbocycles. The number of hydrogen-bond acceptors (Lipinski definition) is 2. The van der Waals surface area contributed by atoms with Gasteiger partial charge < -0.3 is 5.73 Å². The van der Waals surface area contributed by atoms with Crippen LogP contribution in [0, 0.1) is 0 Å². The van der Waals surface area contributed by atoms with Gasteiger partial charge in [-0.3, -0.25) is 0 Å². The SMILES string of the molecule is CCCCCC[n+]1cc[nH]c1SC[C@H](C)N. The fraction of sp³-hybridized carbons (Fsp3) is 0.750. The first kappa shape index (κ1) is 13.6. The van der Waals surface area contributed by atoms with Gasteiger partial charge in [0.15, 0.2) is 0 Å². The van der Waals surface area contributed by atoms with Crippen LogP contribution in [-0.2, 0) is 6.54 Å². The summed E-state index contributed by atoms with van der Waals surface area (Å²) in [7, 11) is 0. The molecule has 0 saturated carbocycles. The van der Waals surface area contributed by atoms with Crippen LogP contribution in [0.2, 0.25) is 0 Å². The van der Waals surface area contributed by atoms with Crippen LogP contribution in [0.3, 0.4) is 0 Å². The highest BCUT2D eigenvalue weighted by Gasteiger charge is 2.11. The minimum Gasteiger partial charge on any atom is -0.327 e. The third kappa shape index (κ3) is 5.03. The lowest BCUT2D eigenvalue weighted by atomic mass is 10.2. The van der Waals surface area contributed by atoms with E-state index in [0.717, 1.165) is 12.3 Å². The summed E-state index contributed by atoms with van der Waals surface area (Å²) in [6.45, 7) is 5.40. The molecule has 1 rings (SSSR count). The second kappa shape index (κ2) is 7.74. The second-order valence-electron chi connectivity index (χ2n) is 4.31. The summed E-state index contributed by atoms with van der Waals surface area (Å²) in [4.78, 5) is 3.27. The summed E-state index contributed by atoms with van der Waals surface area (Å²) >= 11 is 1.81. The molecule has 0 unspecified atom stereocenters. The Morgan fingerprint density at radius 2 is 2.25 bits per heavy atom. The highest BCUT2D eigenvalue weighted by molar-refractivity contribution is 7.99. The summed E-state index contributed by atoms with van der Waals surface area (Å²) in [5, 5.41) is 1.23. The Bertz CT molecular complexity index is 284. The first-order valence-electron chi connectivity index (χ1n) is 6.19. The Morgan fingerprint density at radius 1 is 1.44 bits per heavy atom. The number of nitrogens with two attached hydrogens (primary N) is 1. The molecule has 4 heteroatoms. The first-order valence-corrected chi connectivity index (χ1v) is 7.17. The topological polar surface area (TPSA) is 45.7 Å². The lowest BCUT2D eigenvalue weighted by Gasteiger charge is -2.03. The number of nitrogens with one attached hydrogen (secondary N) is 1. The normalized spacial score (nSPS) is 12.9. The minimum atomic E-state index is 0.252. The lowest BCUT2D eigenvalue weighted by Crippen LogP contribution is -2.34. The van der Waals surface area contributed by atoms with Gasteiger partial charge in [-0.25, -0.2) is 9.55 Å². The minimum absolute atomic E-state index is 0.252. The number of aryl methyl sites for hydroxylation is 1. The molecule has 0 aliphatic heterocycles. The Morgan fingerprint density at radius 3 is 2.94 bits per heavy atom. The van der Waals surface area contributed by atoms with E-state index in [9.17, 15) is 0 Å². The molecule has 1 aromatic rings. The van der Waals surface area contributed by atoms with Crippen molar-refractivity contribution in [2.45, 2.75) is 57.3 Å². The van der Waals surface area contributed by atoms with Crippen molar-refractivity contribution in [3.63, 3.8) is 0 Å². The van der Waals surface area contributed by atoms with Crippen LogP contribution in [0.25, 0.3) is 0 Å². The van der Waals surface area contributed by atoms with E-state index in [1.807, 2.05) is 24.9 Å². The van der Waals surface area contributed by atoms with E-state index in [1.54, 1.807) is 0 Å². The molecule has 16 heavy (non-hydrogen) atoms. The molecule has 0 radical (unpaired) electrons. The Hall–Kier alpha value is -0.480. The number of rotatable bonds is 8. The van der Waals surface area contributed by atoms with Crippen molar-refractivity contribution in [3.8, 4) is 0 Å². The fourth-order valence-corrected chi connectivity index (χ4v) is 2.46. The van der Waals surface area contributed by atoms with Crippen molar-refractivity contribution in [1.82, 2.24) is 4.98 Å². The lowest BCUT2D eigenvalue weighted by molar-refractivity contribution is -0.732. The summed E-state index contributed by atoms with van der Waals surface area (Å²) < 4.78 is 2.29. The van der Waals surface area contributed by atoms with Gasteiger partial charge in [0.1, 0.15) is 12.4 Å². The van der Waals surface area contributed by atoms with Crippen LogP contribution in [0.15, 0.2) is 17.6 Å². The number of aromatic nitrogens is 2. The van der Waals surface area contributed by atoms with E-state index in [-0.39, 0.29) is 6.04 Å². The standard InChI is InChI=1S/C12H23N3S/c1-3-4-5-6-8-15-9-7-14-12(15)16-10-11(2)13/h7,9,11H,3-6,8,10,13H2,1-2H3/p+1/t11-/m0/s1. The quantitative estimate of drug-likeness (QED) is 0.417. The molecule has 3 nitrogen and oxygen atoms in total. The summed E-state index contributed by atoms with van der Waals surface area (Å²) in [5.74, 6) is 0.968. The number of hydrogen-bond donors (Lipinski definition) is 2. The van der Waals surface area contributed by atoms with E-state index >= 15 is 0 Å². The van der Waals surface area contributed by atoms with Gasteiger partial charge in [0, 0.05) is 11.8 Å². The molecule has 0 fully saturated rings. The Kier molecular flexibility index (Phi) is 6.57. The van der Waals surface area contributed by atoms with Gasteiger partial charge in [0.25, 0.3) is 0 Å². The number of H-pyrrole nitrogens is 1. The molecule has 0 bridgehead atoms. The Balaban J connectivity index is 2.32. The van der Waals surface area contributed by atoms with Crippen molar-refractivity contribution in [1.29, 1.82) is 0 Å². The zero-order valence-corrected chi connectivity index (χ0v) is 11.2. The van der Waals surface area contributed by atoms with Crippen LogP contribution < -0.4 is 10.3 Å². The van der Waals surface area contributed by atoms with Crippen molar-refractivity contribution in [3.05, 3.63) is 12.4 Å². The average Bonchev–Trinajstić information content (AvgIpc) is 2.69. The van der Waals surface area contributed by atoms with Crippen LogP contribution in [0.5, 0.6) is 0 Å². The van der Waals surface area contributed by atoms with E-state index in [2.05, 4.69) is 22.7 Å². The van der Waals surface area contributed by atoms with Crippen molar-refractivity contribution >= 4 is 11.8 Å². The van der Waals surface area contributed by atoms with Gasteiger partial charge in [-0.1, -0.05) is 19.8 Å². The van der Waals surface area contributed by atoms with Gasteiger partial charge in [0.05, 0.1) is 6.54 Å². The third-order valence-electron chi connectivity index (χ3n) is 2.46. The molecule has 1 heterocycles. The summed E-state index contributed by atoms with van der Waals surface area (Å²) in [5.41, 5.74) is 5.75. The Labute approximate surface area is 103 Å². The number of thioether (sulfide) groups is 1. The molecule has 0 spiro atoms. The van der Waals surface area contributed by atoms with E-state index in [0.29, 0.717) is 0 Å². The smallest absolute Gasteiger partial charge is 0.315 e. The van der Waals surface area contributed by atoms with Gasteiger partial charge >= 0.3 is 5.16 Å². The average molecular weight is 242 g/mol. The van der Waals surface area contributed by atoms with Crippen LogP contribution >= 0.6 is 11.8 Å². The summed E-state index contributed by atoms with van der Waals surface area (Å²) in [6, 6.07) is 0.252. The van der Waals surface area contributed by atoms with E-state index in [1.165, 1.54) is 30.8 Å². The fourth-order valence-electron chi connectivity index (χ4n) is 1.57. The molecule has 92 valence electrons. The zero-order chi connectivity index (χ0) is 11.8. The number of nitrogens with zero attached hydrogens (tertiary/aromatic N) is 1. The highest BCUT2D eigenvalue weighted by Crippen LogP contribution is 2.11. The molecular formula is C12H24N3S+. The molecule has 0 aliphatic rings. The summed E-state index contributed by atoms with van der Waals surface area (Å²) in [6.07, 6.45) is 9.35. The van der Waals surface area contributed by atoms with E-state index in [4.69, 9.17) is 5.73 Å². The molecule has 1 aromatic heterocycles. The maximum Gasteiger partial charge on any atom is 0.315 e. The predicted octanol–water partition coefficient (Wildman–Crippen LogP) is 2.32. The predicted molar refractivity (Wildman–Crippen MR) is 69.5 cm³/mol. The molecule has 1 atom stereocenters. The van der Waals surface area contributed by atoms with Gasteiger partial charge in [-0.05, 0) is 31.5 Å². The zero-order valence-electron chi connectivity index (χ0n) is 10.4. The van der Waals surface area contributed by atoms with E-state index < -0.39 is 0 Å². The van der Waals surface area contributed by atoms with Crippen LogP contribution in [-0.4, -0.2) is 16.8 Å². The van der Waals surface area contributed by atoms with Crippen LogP contribution in [0.4, 0.5) is 0 Å².